The third-order valence-corrected chi connectivity index (χ3v) is 10.00. The highest BCUT2D eigenvalue weighted by Crippen LogP contribution is 2.58. The number of anilines is 1. The summed E-state index contributed by atoms with van der Waals surface area (Å²) in [4.78, 5) is 26.8. The van der Waals surface area contributed by atoms with Crippen LogP contribution in [-0.2, 0) is 11.2 Å². The monoisotopic (exact) mass is 590 g/mol. The van der Waals surface area contributed by atoms with Crippen LogP contribution in [0.4, 0.5) is 10.1 Å². The van der Waals surface area contributed by atoms with Crippen LogP contribution in [0.15, 0.2) is 48.8 Å². The molecule has 3 fully saturated rings. The van der Waals surface area contributed by atoms with E-state index in [0.29, 0.717) is 36.2 Å². The van der Waals surface area contributed by atoms with E-state index in [0.717, 1.165) is 48.2 Å². The number of carbonyl (C=O) groups excluding carboxylic acids is 1. The van der Waals surface area contributed by atoms with Crippen molar-refractivity contribution in [3.8, 4) is 23.1 Å². The van der Waals surface area contributed by atoms with Gasteiger partial charge < -0.3 is 24.3 Å². The summed E-state index contributed by atoms with van der Waals surface area (Å²) in [6, 6.07) is 14.9. The molecule has 4 aliphatic rings. The molecule has 8 nitrogen and oxygen atoms in total. The van der Waals surface area contributed by atoms with Crippen molar-refractivity contribution >= 4 is 22.5 Å². The summed E-state index contributed by atoms with van der Waals surface area (Å²) in [6.45, 7) is 13.0. The van der Waals surface area contributed by atoms with Crippen molar-refractivity contribution in [3.05, 3.63) is 76.9 Å². The van der Waals surface area contributed by atoms with Gasteiger partial charge in [-0.15, -0.1) is 0 Å². The van der Waals surface area contributed by atoms with Crippen molar-refractivity contribution in [2.75, 3.05) is 51.3 Å². The number of likely N-dealkylation sites (N-methyl/N-ethyl adjacent to an activating group) is 1. The maximum absolute atomic E-state index is 13.9. The second-order valence-corrected chi connectivity index (χ2v) is 12.6. The van der Waals surface area contributed by atoms with Crippen LogP contribution in [-0.4, -0.2) is 79.2 Å². The average Bonchev–Trinajstić information content (AvgIpc) is 3.50. The van der Waals surface area contributed by atoms with Crippen LogP contribution in [0, 0.1) is 23.8 Å². The Bertz CT molecular complexity index is 1760. The first-order chi connectivity index (χ1) is 21.4. The van der Waals surface area contributed by atoms with Crippen molar-refractivity contribution in [3.63, 3.8) is 0 Å². The molecule has 2 aliphatic carbocycles. The minimum atomic E-state index is -1.04. The van der Waals surface area contributed by atoms with Crippen LogP contribution in [0.3, 0.4) is 0 Å². The number of nitriles is 1. The fourth-order valence-corrected chi connectivity index (χ4v) is 7.62. The molecule has 3 heterocycles. The first-order valence-corrected chi connectivity index (χ1v) is 15.4. The third-order valence-electron chi connectivity index (χ3n) is 10.00. The number of hydrogen-bond donors (Lipinski definition) is 0. The molecular weight excluding hydrogens is 555 g/mol. The number of fused-ring (bicyclic) bond motifs is 4. The standard InChI is InChI=1S/C35H35FN6O2/c1-21(36)35(43)42-13-12-41(19-26(42)18-38-2)33-28-10-9-22(27-8-4-6-23-14-24-15-29(24)32(23)27)16-31(28)39-34(30(33)17-37)44-20-25-7-5-11-40(25)3/h4,6,8-10,16,24-26,29H,1,5,7,11-15,18-20H2,3H3/t24?,25-,26-,29?/m0/s1. The lowest BCUT2D eigenvalue weighted by Gasteiger charge is -2.40. The first-order valence-electron chi connectivity index (χ1n) is 15.4. The highest BCUT2D eigenvalue weighted by atomic mass is 19.1. The topological polar surface area (TPSA) is 77.1 Å². The predicted molar refractivity (Wildman–Crippen MR) is 167 cm³/mol. The summed E-state index contributed by atoms with van der Waals surface area (Å²) in [5.41, 5.74) is 6.98. The molecule has 2 saturated heterocycles. The number of ether oxygens (including phenoxy) is 1. The number of rotatable bonds is 7. The Morgan fingerprint density at radius 3 is 2.86 bits per heavy atom. The summed E-state index contributed by atoms with van der Waals surface area (Å²) >= 11 is 0. The minimum absolute atomic E-state index is 0.0171. The molecule has 1 saturated carbocycles. The van der Waals surface area contributed by atoms with Gasteiger partial charge in [0.25, 0.3) is 5.91 Å². The lowest BCUT2D eigenvalue weighted by molar-refractivity contribution is -0.131. The number of hydrogen-bond acceptors (Lipinski definition) is 6. The second kappa shape index (κ2) is 11.2. The van der Waals surface area contributed by atoms with Crippen molar-refractivity contribution in [2.24, 2.45) is 5.92 Å². The van der Waals surface area contributed by atoms with Gasteiger partial charge in [-0.1, -0.05) is 36.9 Å². The Kier molecular flexibility index (Phi) is 7.22. The van der Waals surface area contributed by atoms with Gasteiger partial charge in [0.1, 0.15) is 24.3 Å². The zero-order valence-electron chi connectivity index (χ0n) is 24.9. The maximum Gasteiger partial charge on any atom is 0.282 e. The van der Waals surface area contributed by atoms with Crippen molar-refractivity contribution < 1.29 is 13.9 Å². The third kappa shape index (κ3) is 4.86. The van der Waals surface area contributed by atoms with Crippen LogP contribution in [0.25, 0.3) is 26.9 Å². The fraction of sp³-hybridized carbons (Fsp3) is 0.429. The molecule has 2 aromatic carbocycles. The van der Waals surface area contributed by atoms with E-state index in [1.165, 1.54) is 28.0 Å². The molecule has 0 radical (unpaired) electrons. The van der Waals surface area contributed by atoms with E-state index in [1.54, 1.807) is 0 Å². The molecule has 0 spiro atoms. The quantitative estimate of drug-likeness (QED) is 0.274. The van der Waals surface area contributed by atoms with E-state index in [-0.39, 0.29) is 25.7 Å². The van der Waals surface area contributed by atoms with E-state index in [9.17, 15) is 14.4 Å². The van der Waals surface area contributed by atoms with Gasteiger partial charge in [0.15, 0.2) is 5.83 Å². The van der Waals surface area contributed by atoms with Gasteiger partial charge in [-0.25, -0.2) is 15.9 Å². The van der Waals surface area contributed by atoms with Crippen molar-refractivity contribution in [2.45, 2.75) is 43.7 Å². The summed E-state index contributed by atoms with van der Waals surface area (Å²) < 4.78 is 20.2. The molecule has 0 bridgehead atoms. The summed E-state index contributed by atoms with van der Waals surface area (Å²) in [6.07, 6.45) is 4.54. The summed E-state index contributed by atoms with van der Waals surface area (Å²) in [5, 5.41) is 11.3. The van der Waals surface area contributed by atoms with Gasteiger partial charge in [-0.05, 0) is 79.4 Å². The van der Waals surface area contributed by atoms with E-state index in [4.69, 9.17) is 16.3 Å². The predicted octanol–water partition coefficient (Wildman–Crippen LogP) is 5.33. The van der Waals surface area contributed by atoms with E-state index >= 15 is 0 Å². The van der Waals surface area contributed by atoms with E-state index < -0.39 is 17.8 Å². The zero-order valence-corrected chi connectivity index (χ0v) is 24.9. The van der Waals surface area contributed by atoms with Gasteiger partial charge >= 0.3 is 0 Å². The summed E-state index contributed by atoms with van der Waals surface area (Å²) in [5.74, 6) is -0.119. The Labute approximate surface area is 257 Å². The molecule has 4 atom stereocenters. The van der Waals surface area contributed by atoms with Crippen molar-refractivity contribution in [1.82, 2.24) is 14.8 Å². The van der Waals surface area contributed by atoms with Gasteiger partial charge in [-0.2, -0.15) is 5.26 Å². The molecular formula is C35H35FN6O2. The number of aromatic nitrogens is 1. The normalized spacial score (nSPS) is 24.0. The second-order valence-electron chi connectivity index (χ2n) is 12.6. The zero-order chi connectivity index (χ0) is 30.5. The number of amides is 1. The van der Waals surface area contributed by atoms with Gasteiger partial charge in [0.05, 0.1) is 11.2 Å². The fourth-order valence-electron chi connectivity index (χ4n) is 7.62. The molecule has 2 unspecified atom stereocenters. The molecule has 224 valence electrons. The number of benzene rings is 2. The van der Waals surface area contributed by atoms with Gasteiger partial charge in [-0.3, -0.25) is 4.79 Å². The van der Waals surface area contributed by atoms with E-state index in [2.05, 4.69) is 59.8 Å². The molecule has 0 N–H and O–H groups in total. The van der Waals surface area contributed by atoms with Crippen LogP contribution in [0.5, 0.6) is 5.88 Å². The number of likely N-dealkylation sites (tertiary alicyclic amines) is 1. The molecule has 7 rings (SSSR count). The number of halogens is 1. The minimum Gasteiger partial charge on any atom is -0.475 e. The first kappa shape index (κ1) is 28.3. The van der Waals surface area contributed by atoms with Crippen LogP contribution in [0.2, 0.25) is 0 Å². The lowest BCUT2D eigenvalue weighted by atomic mass is 9.93. The highest BCUT2D eigenvalue weighted by Gasteiger charge is 2.46. The van der Waals surface area contributed by atoms with Crippen LogP contribution in [0.1, 0.15) is 41.9 Å². The van der Waals surface area contributed by atoms with Crippen molar-refractivity contribution in [1.29, 1.82) is 5.26 Å². The SMILES string of the molecule is [C-]#[N+]C[C@H]1CN(c2c(C#N)c(OC[C@@H]3CCCN3C)nc3cc(-c4cccc5c4C4CC4C5)ccc23)CCN1C(=O)C(=C)F. The van der Waals surface area contributed by atoms with Crippen LogP contribution >= 0.6 is 0 Å². The molecule has 44 heavy (non-hydrogen) atoms. The molecule has 1 amide bonds. The molecule has 1 aromatic heterocycles. The molecule has 9 heteroatoms. The Balaban J connectivity index is 1.32. The van der Waals surface area contributed by atoms with Gasteiger partial charge in [0, 0.05) is 31.1 Å². The van der Waals surface area contributed by atoms with Gasteiger partial charge in [0.2, 0.25) is 12.4 Å². The lowest BCUT2D eigenvalue weighted by Crippen LogP contribution is -2.56. The maximum atomic E-state index is 13.9. The average molecular weight is 591 g/mol. The summed E-state index contributed by atoms with van der Waals surface area (Å²) in [7, 11) is 2.09. The molecule has 3 aromatic rings. The number of piperazine rings is 1. The number of nitrogens with zero attached hydrogens (tertiary/aromatic N) is 6. The number of carbonyl (C=O) groups is 1. The Morgan fingerprint density at radius 1 is 1.25 bits per heavy atom. The number of pyridine rings is 1. The molecule has 2 aliphatic heterocycles. The highest BCUT2D eigenvalue weighted by molar-refractivity contribution is 5.98. The smallest absolute Gasteiger partial charge is 0.282 e. The largest absolute Gasteiger partial charge is 0.475 e. The Hall–Kier alpha value is -4.47. The van der Waals surface area contributed by atoms with E-state index in [1.807, 2.05) is 11.0 Å². The Morgan fingerprint density at radius 2 is 2.11 bits per heavy atom. The van der Waals surface area contributed by atoms with Crippen LogP contribution < -0.4 is 9.64 Å².